The van der Waals surface area contributed by atoms with Gasteiger partial charge in [-0.2, -0.15) is 0 Å². The SMILES string of the molecule is CC1(n2cc(-c3ccc(Cl)c(F)c3)c3ccc(C(=O)O)nc32)CCC1. The van der Waals surface area contributed by atoms with Crippen LogP contribution in [0.4, 0.5) is 4.39 Å². The minimum Gasteiger partial charge on any atom is -0.477 e. The maximum Gasteiger partial charge on any atom is 0.354 e. The van der Waals surface area contributed by atoms with Crippen LogP contribution in [0.2, 0.25) is 5.02 Å². The summed E-state index contributed by atoms with van der Waals surface area (Å²) >= 11 is 5.79. The fraction of sp³-hybridized carbons (Fsp3) is 0.263. The minimum atomic E-state index is -1.06. The van der Waals surface area contributed by atoms with Gasteiger partial charge in [0.05, 0.1) is 5.02 Å². The smallest absolute Gasteiger partial charge is 0.354 e. The summed E-state index contributed by atoms with van der Waals surface area (Å²) in [5.74, 6) is -1.54. The van der Waals surface area contributed by atoms with Crippen molar-refractivity contribution in [3.63, 3.8) is 0 Å². The van der Waals surface area contributed by atoms with Gasteiger partial charge < -0.3 is 9.67 Å². The second-order valence-electron chi connectivity index (χ2n) is 6.76. The highest BCUT2D eigenvalue weighted by Gasteiger charge is 2.35. The Morgan fingerprint density at radius 3 is 2.68 bits per heavy atom. The van der Waals surface area contributed by atoms with Crippen molar-refractivity contribution >= 4 is 28.6 Å². The summed E-state index contributed by atoms with van der Waals surface area (Å²) < 4.78 is 16.0. The maximum atomic E-state index is 13.9. The van der Waals surface area contributed by atoms with Crippen molar-refractivity contribution in [3.8, 4) is 11.1 Å². The number of benzene rings is 1. The van der Waals surface area contributed by atoms with Crippen LogP contribution in [-0.4, -0.2) is 20.6 Å². The fourth-order valence-corrected chi connectivity index (χ4v) is 3.57. The lowest BCUT2D eigenvalue weighted by Crippen LogP contribution is -2.36. The Bertz CT molecular complexity index is 1010. The molecule has 0 spiro atoms. The van der Waals surface area contributed by atoms with Gasteiger partial charge in [0.25, 0.3) is 0 Å². The van der Waals surface area contributed by atoms with Crippen LogP contribution in [0.25, 0.3) is 22.2 Å². The zero-order valence-corrected chi connectivity index (χ0v) is 14.3. The number of aromatic nitrogens is 2. The number of rotatable bonds is 3. The lowest BCUT2D eigenvalue weighted by Gasteiger charge is -2.40. The Hall–Kier alpha value is -2.40. The van der Waals surface area contributed by atoms with Crippen LogP contribution in [0, 0.1) is 5.82 Å². The van der Waals surface area contributed by atoms with E-state index in [1.165, 1.54) is 18.2 Å². The molecular weight excluding hydrogens is 343 g/mol. The molecule has 1 saturated carbocycles. The standard InChI is InChI=1S/C19H16ClFN2O2/c1-19(7-2-8-19)23-10-13(11-3-5-14(20)15(21)9-11)12-4-6-16(18(24)25)22-17(12)23/h3-6,9-10H,2,7-8H2,1H3,(H,24,25). The number of nitrogens with zero attached hydrogens (tertiary/aromatic N) is 2. The lowest BCUT2D eigenvalue weighted by molar-refractivity contribution is 0.0690. The van der Waals surface area contributed by atoms with Crippen LogP contribution in [0.1, 0.15) is 36.7 Å². The molecule has 0 atom stereocenters. The molecule has 0 saturated heterocycles. The summed E-state index contributed by atoms with van der Waals surface area (Å²) in [5, 5.41) is 10.1. The molecule has 0 bridgehead atoms. The predicted octanol–water partition coefficient (Wildman–Crippen LogP) is 5.09. The topological polar surface area (TPSA) is 55.1 Å². The van der Waals surface area contributed by atoms with Gasteiger partial charge in [0.1, 0.15) is 11.5 Å². The van der Waals surface area contributed by atoms with Crippen molar-refractivity contribution in [3.05, 3.63) is 53.1 Å². The summed E-state index contributed by atoms with van der Waals surface area (Å²) in [6, 6.07) is 7.91. The third kappa shape index (κ3) is 2.50. The normalized spacial score (nSPS) is 16.0. The van der Waals surface area contributed by atoms with Gasteiger partial charge >= 0.3 is 5.97 Å². The number of fused-ring (bicyclic) bond motifs is 1. The van der Waals surface area contributed by atoms with Crippen molar-refractivity contribution in [2.24, 2.45) is 0 Å². The van der Waals surface area contributed by atoms with E-state index in [0.29, 0.717) is 11.2 Å². The molecule has 0 amide bonds. The number of halogens is 2. The third-order valence-corrected chi connectivity index (χ3v) is 5.42. The van der Waals surface area contributed by atoms with E-state index in [1.807, 2.05) is 10.8 Å². The molecule has 25 heavy (non-hydrogen) atoms. The summed E-state index contributed by atoms with van der Waals surface area (Å²) in [6.45, 7) is 2.14. The van der Waals surface area contributed by atoms with Gasteiger partial charge in [0, 0.05) is 22.7 Å². The molecule has 1 aromatic carbocycles. The highest BCUT2D eigenvalue weighted by atomic mass is 35.5. The second kappa shape index (κ2) is 5.56. The summed E-state index contributed by atoms with van der Waals surface area (Å²) in [4.78, 5) is 15.7. The minimum absolute atomic E-state index is 0.00334. The number of hydrogen-bond acceptors (Lipinski definition) is 2. The number of carboxylic acids is 1. The Kier molecular flexibility index (Phi) is 3.58. The third-order valence-electron chi connectivity index (χ3n) is 5.11. The number of carboxylic acid groups (broad SMARTS) is 1. The van der Waals surface area contributed by atoms with E-state index in [9.17, 15) is 14.3 Å². The Balaban J connectivity index is 1.98. The zero-order chi connectivity index (χ0) is 17.8. The van der Waals surface area contributed by atoms with Gasteiger partial charge in [-0.25, -0.2) is 14.2 Å². The molecule has 2 aromatic heterocycles. The number of pyridine rings is 1. The first-order valence-electron chi connectivity index (χ1n) is 8.10. The van der Waals surface area contributed by atoms with Gasteiger partial charge in [-0.05, 0) is 56.0 Å². The summed E-state index contributed by atoms with van der Waals surface area (Å²) in [5.41, 5.74) is 2.05. The molecule has 4 rings (SSSR count). The van der Waals surface area contributed by atoms with E-state index in [2.05, 4.69) is 11.9 Å². The maximum absolute atomic E-state index is 13.9. The van der Waals surface area contributed by atoms with Gasteiger partial charge in [-0.15, -0.1) is 0 Å². The molecule has 4 nitrogen and oxygen atoms in total. The first-order chi connectivity index (χ1) is 11.9. The highest BCUT2D eigenvalue weighted by molar-refractivity contribution is 6.30. The second-order valence-corrected chi connectivity index (χ2v) is 7.17. The van der Waals surface area contributed by atoms with E-state index < -0.39 is 11.8 Å². The van der Waals surface area contributed by atoms with E-state index in [4.69, 9.17) is 11.6 Å². The molecule has 1 N–H and O–H groups in total. The largest absolute Gasteiger partial charge is 0.477 e. The Labute approximate surface area is 148 Å². The van der Waals surface area contributed by atoms with Crippen molar-refractivity contribution < 1.29 is 14.3 Å². The van der Waals surface area contributed by atoms with Crippen molar-refractivity contribution in [1.82, 2.24) is 9.55 Å². The number of aromatic carboxylic acids is 1. The predicted molar refractivity (Wildman–Crippen MR) is 94.6 cm³/mol. The molecule has 0 unspecified atom stereocenters. The van der Waals surface area contributed by atoms with E-state index in [1.54, 1.807) is 12.1 Å². The van der Waals surface area contributed by atoms with E-state index >= 15 is 0 Å². The molecule has 1 aliphatic carbocycles. The highest BCUT2D eigenvalue weighted by Crippen LogP contribution is 2.43. The van der Waals surface area contributed by atoms with Crippen molar-refractivity contribution in [1.29, 1.82) is 0 Å². The number of hydrogen-bond donors (Lipinski definition) is 1. The van der Waals surface area contributed by atoms with Crippen LogP contribution in [0.3, 0.4) is 0 Å². The average Bonchev–Trinajstić information content (AvgIpc) is 2.94. The van der Waals surface area contributed by atoms with E-state index in [0.717, 1.165) is 30.2 Å². The molecule has 3 aromatic rings. The molecule has 1 aliphatic rings. The lowest BCUT2D eigenvalue weighted by atomic mass is 9.78. The average molecular weight is 359 g/mol. The van der Waals surface area contributed by atoms with Crippen molar-refractivity contribution in [2.45, 2.75) is 31.7 Å². The van der Waals surface area contributed by atoms with Gasteiger partial charge in [0.15, 0.2) is 5.69 Å². The molecule has 0 radical (unpaired) electrons. The molecule has 2 heterocycles. The quantitative estimate of drug-likeness (QED) is 0.709. The Morgan fingerprint density at radius 1 is 1.32 bits per heavy atom. The van der Waals surface area contributed by atoms with Crippen LogP contribution in [0.15, 0.2) is 36.5 Å². The summed E-state index contributed by atoms with van der Waals surface area (Å²) in [7, 11) is 0. The van der Waals surface area contributed by atoms with Gasteiger partial charge in [0.2, 0.25) is 0 Å². The zero-order valence-electron chi connectivity index (χ0n) is 13.6. The Morgan fingerprint density at radius 2 is 2.08 bits per heavy atom. The molecule has 0 aliphatic heterocycles. The first-order valence-corrected chi connectivity index (χ1v) is 8.48. The molecule has 1 fully saturated rings. The van der Waals surface area contributed by atoms with Crippen LogP contribution in [0.5, 0.6) is 0 Å². The summed E-state index contributed by atoms with van der Waals surface area (Å²) in [6.07, 6.45) is 5.08. The van der Waals surface area contributed by atoms with Crippen molar-refractivity contribution in [2.75, 3.05) is 0 Å². The fourth-order valence-electron chi connectivity index (χ4n) is 3.46. The molecule has 6 heteroatoms. The number of carbonyl (C=O) groups is 1. The molecule has 128 valence electrons. The van der Waals surface area contributed by atoms with Crippen LogP contribution in [-0.2, 0) is 5.54 Å². The van der Waals surface area contributed by atoms with Crippen LogP contribution >= 0.6 is 11.6 Å². The monoisotopic (exact) mass is 358 g/mol. The van der Waals surface area contributed by atoms with Crippen LogP contribution < -0.4 is 0 Å². The van der Waals surface area contributed by atoms with Gasteiger partial charge in [-0.3, -0.25) is 0 Å². The molecular formula is C19H16ClFN2O2. The van der Waals surface area contributed by atoms with Gasteiger partial charge in [-0.1, -0.05) is 17.7 Å². The van der Waals surface area contributed by atoms with E-state index in [-0.39, 0.29) is 16.3 Å². The first kappa shape index (κ1) is 16.1.